The normalized spacial score (nSPS) is 20.2. The van der Waals surface area contributed by atoms with E-state index in [1.807, 2.05) is 27.1 Å². The summed E-state index contributed by atoms with van der Waals surface area (Å²) in [5, 5.41) is 9.79. The van der Waals surface area contributed by atoms with Crippen molar-refractivity contribution in [2.24, 2.45) is 5.92 Å². The molecule has 1 aromatic heterocycles. The molecule has 36 heavy (non-hydrogen) atoms. The second-order valence-electron chi connectivity index (χ2n) is 9.41. The lowest BCUT2D eigenvalue weighted by atomic mass is 10.0. The Balaban J connectivity index is 2.03. The summed E-state index contributed by atoms with van der Waals surface area (Å²) in [6.45, 7) is 3.92. The molecule has 0 aliphatic carbocycles. The molecular weight excluding hydrogens is 480 g/mol. The van der Waals surface area contributed by atoms with E-state index in [-0.39, 0.29) is 48.7 Å². The van der Waals surface area contributed by atoms with Crippen LogP contribution in [-0.4, -0.2) is 98.1 Å². The molecule has 1 N–H and O–H groups in total. The second kappa shape index (κ2) is 11.8. The lowest BCUT2D eigenvalue weighted by Crippen LogP contribution is -2.50. The summed E-state index contributed by atoms with van der Waals surface area (Å²) in [6, 6.07) is 7.74. The van der Waals surface area contributed by atoms with E-state index in [2.05, 4.69) is 16.8 Å². The Morgan fingerprint density at radius 1 is 1.25 bits per heavy atom. The summed E-state index contributed by atoms with van der Waals surface area (Å²) in [4.78, 5) is 20.0. The average molecular weight is 515 g/mol. The van der Waals surface area contributed by atoms with E-state index < -0.39 is 22.2 Å². The van der Waals surface area contributed by atoms with Crippen LogP contribution in [0.1, 0.15) is 25.0 Å². The smallest absolute Gasteiger partial charge is 0.247 e. The first-order chi connectivity index (χ1) is 17.0. The van der Waals surface area contributed by atoms with E-state index in [1.165, 1.54) is 10.4 Å². The first kappa shape index (κ1) is 27.6. The van der Waals surface area contributed by atoms with E-state index >= 15 is 0 Å². The molecule has 10 heteroatoms. The summed E-state index contributed by atoms with van der Waals surface area (Å²) >= 11 is 0. The summed E-state index contributed by atoms with van der Waals surface area (Å²) in [5.41, 5.74) is 1.31. The van der Waals surface area contributed by atoms with Gasteiger partial charge in [-0.2, -0.15) is 4.31 Å². The number of fused-ring (bicyclic) bond motifs is 1. The van der Waals surface area contributed by atoms with Gasteiger partial charge in [-0.25, -0.2) is 8.42 Å². The van der Waals surface area contributed by atoms with Crippen LogP contribution in [0.5, 0.6) is 5.75 Å². The molecule has 0 saturated heterocycles. The number of aliphatic hydroxyl groups is 1. The van der Waals surface area contributed by atoms with Gasteiger partial charge in [-0.1, -0.05) is 18.8 Å². The number of ether oxygens (including phenoxy) is 1. The van der Waals surface area contributed by atoms with Gasteiger partial charge in [-0.3, -0.25) is 9.78 Å². The van der Waals surface area contributed by atoms with Gasteiger partial charge in [0.15, 0.2) is 0 Å². The predicted octanol–water partition coefficient (Wildman–Crippen LogP) is 1.27. The fourth-order valence-electron chi connectivity index (χ4n) is 3.87. The Morgan fingerprint density at radius 2 is 1.97 bits per heavy atom. The number of benzene rings is 1. The third-order valence-electron chi connectivity index (χ3n) is 6.01. The third kappa shape index (κ3) is 6.62. The van der Waals surface area contributed by atoms with Crippen LogP contribution in [0.25, 0.3) is 0 Å². The van der Waals surface area contributed by atoms with Crippen LogP contribution in [0, 0.1) is 17.8 Å². The highest BCUT2D eigenvalue weighted by atomic mass is 32.2. The lowest BCUT2D eigenvalue weighted by molar-refractivity contribution is -0.132. The van der Waals surface area contributed by atoms with E-state index in [9.17, 15) is 18.3 Å². The zero-order valence-corrected chi connectivity index (χ0v) is 22.2. The van der Waals surface area contributed by atoms with Gasteiger partial charge in [-0.05, 0) is 51.4 Å². The van der Waals surface area contributed by atoms with Crippen LogP contribution < -0.4 is 4.74 Å². The zero-order chi connectivity index (χ0) is 26.5. The highest BCUT2D eigenvalue weighted by Crippen LogP contribution is 2.34. The Hall–Kier alpha value is -2.97. The van der Waals surface area contributed by atoms with Gasteiger partial charge in [-0.15, -0.1) is 0 Å². The number of aliphatic hydroxyl groups excluding tert-OH is 1. The molecule has 0 fully saturated rings. The van der Waals surface area contributed by atoms with Crippen molar-refractivity contribution in [3.63, 3.8) is 0 Å². The van der Waals surface area contributed by atoms with E-state index in [1.54, 1.807) is 54.4 Å². The fourth-order valence-corrected chi connectivity index (χ4v) is 5.69. The van der Waals surface area contributed by atoms with Crippen LogP contribution in [-0.2, 0) is 14.8 Å². The molecule has 2 aromatic rings. The van der Waals surface area contributed by atoms with Crippen molar-refractivity contribution in [1.29, 1.82) is 0 Å². The Morgan fingerprint density at radius 3 is 2.61 bits per heavy atom. The summed E-state index contributed by atoms with van der Waals surface area (Å²) in [7, 11) is 1.41. The highest BCUT2D eigenvalue weighted by Gasteiger charge is 2.38. The molecule has 194 valence electrons. The second-order valence-corrected chi connectivity index (χ2v) is 11.3. The van der Waals surface area contributed by atoms with Crippen molar-refractivity contribution in [3.8, 4) is 17.6 Å². The Bertz CT molecular complexity index is 1220. The quantitative estimate of drug-likeness (QED) is 0.579. The molecule has 0 spiro atoms. The number of carbonyl (C=O) groups excluding carboxylic acids is 1. The molecular formula is C26H34N4O5S. The largest absolute Gasteiger partial charge is 0.487 e. The molecule has 1 aliphatic rings. The van der Waals surface area contributed by atoms with Gasteiger partial charge >= 0.3 is 0 Å². The van der Waals surface area contributed by atoms with Gasteiger partial charge in [0.2, 0.25) is 15.9 Å². The number of amides is 1. The van der Waals surface area contributed by atoms with E-state index in [4.69, 9.17) is 4.74 Å². The molecule has 9 nitrogen and oxygen atoms in total. The number of carbonyl (C=O) groups is 1. The number of pyridine rings is 1. The fraction of sp³-hybridized carbons (Fsp3) is 0.462. The number of rotatable bonds is 6. The van der Waals surface area contributed by atoms with Crippen molar-refractivity contribution in [1.82, 2.24) is 19.1 Å². The topological polar surface area (TPSA) is 103 Å². The first-order valence-electron chi connectivity index (χ1n) is 11.8. The lowest BCUT2D eigenvalue weighted by Gasteiger charge is -2.37. The SMILES string of the molecule is C[C@@H]1CN([C@H](C)CO)S(=O)(=O)c2ccc(C#Cc3cccnc3)cc2O[C@H]1CN(C)C(=O)CN(C)C. The van der Waals surface area contributed by atoms with Crippen LogP contribution in [0.2, 0.25) is 0 Å². The standard InChI is InChI=1S/C26H34N4O5S/c1-19-15-30(20(2)18-31)36(33,34)25-11-10-21(8-9-22-7-6-12-27-14-22)13-23(25)35-24(19)16-29(5)26(32)17-28(3)4/h6-7,10-14,19-20,24,31H,15-18H2,1-5H3/t19-,20-,24+/m1/s1. The number of nitrogens with zero attached hydrogens (tertiary/aromatic N) is 4. The molecule has 0 unspecified atom stereocenters. The number of hydrogen-bond donors (Lipinski definition) is 1. The van der Waals surface area contributed by atoms with Gasteiger partial charge in [0, 0.05) is 49.1 Å². The molecule has 3 rings (SSSR count). The molecule has 1 aliphatic heterocycles. The Kier molecular flexibility index (Phi) is 9.08. The van der Waals surface area contributed by atoms with E-state index in [0.717, 1.165) is 5.56 Å². The molecule has 2 heterocycles. The van der Waals surface area contributed by atoms with Crippen molar-refractivity contribution >= 4 is 15.9 Å². The van der Waals surface area contributed by atoms with Gasteiger partial charge < -0.3 is 19.6 Å². The molecule has 1 aromatic carbocycles. The molecule has 1 amide bonds. The maximum Gasteiger partial charge on any atom is 0.247 e. The maximum absolute atomic E-state index is 13.6. The van der Waals surface area contributed by atoms with Crippen LogP contribution in [0.15, 0.2) is 47.6 Å². The van der Waals surface area contributed by atoms with Gasteiger partial charge in [0.25, 0.3) is 0 Å². The van der Waals surface area contributed by atoms with Crippen molar-refractivity contribution in [2.45, 2.75) is 30.9 Å². The van der Waals surface area contributed by atoms with Crippen molar-refractivity contribution in [2.75, 3.05) is 47.4 Å². The van der Waals surface area contributed by atoms with E-state index in [0.29, 0.717) is 5.56 Å². The average Bonchev–Trinajstić information content (AvgIpc) is 2.84. The van der Waals surface area contributed by atoms with Crippen molar-refractivity contribution < 1.29 is 23.1 Å². The maximum atomic E-state index is 13.6. The minimum absolute atomic E-state index is 0.00824. The minimum atomic E-state index is -3.95. The zero-order valence-electron chi connectivity index (χ0n) is 21.4. The third-order valence-corrected chi connectivity index (χ3v) is 8.03. The molecule has 0 bridgehead atoms. The monoisotopic (exact) mass is 514 g/mol. The number of aromatic nitrogens is 1. The molecule has 0 saturated carbocycles. The predicted molar refractivity (Wildman–Crippen MR) is 137 cm³/mol. The van der Waals surface area contributed by atoms with Crippen LogP contribution in [0.3, 0.4) is 0 Å². The summed E-state index contributed by atoms with van der Waals surface area (Å²) < 4.78 is 34.8. The van der Waals surface area contributed by atoms with Gasteiger partial charge in [0.05, 0.1) is 19.7 Å². The molecule has 0 radical (unpaired) electrons. The number of sulfonamides is 1. The van der Waals surface area contributed by atoms with Crippen molar-refractivity contribution in [3.05, 3.63) is 53.9 Å². The van der Waals surface area contributed by atoms with Gasteiger partial charge in [0.1, 0.15) is 16.7 Å². The van der Waals surface area contributed by atoms with Crippen LogP contribution in [0.4, 0.5) is 0 Å². The minimum Gasteiger partial charge on any atom is -0.487 e. The number of hydrogen-bond acceptors (Lipinski definition) is 7. The highest BCUT2D eigenvalue weighted by molar-refractivity contribution is 7.89. The molecule has 3 atom stereocenters. The summed E-state index contributed by atoms with van der Waals surface area (Å²) in [5.74, 6) is 5.90. The first-order valence-corrected chi connectivity index (χ1v) is 13.2. The van der Waals surface area contributed by atoms with Crippen LogP contribution >= 0.6 is 0 Å². The summed E-state index contributed by atoms with van der Waals surface area (Å²) in [6.07, 6.45) is 2.83. The number of likely N-dealkylation sites (N-methyl/N-ethyl adjacent to an activating group) is 2. The Labute approximate surface area is 213 Å².